The summed E-state index contributed by atoms with van der Waals surface area (Å²) in [5, 5.41) is 11.3. The van der Waals surface area contributed by atoms with E-state index in [1.807, 2.05) is 39.1 Å². The van der Waals surface area contributed by atoms with Crippen LogP contribution in [0.5, 0.6) is 0 Å². The van der Waals surface area contributed by atoms with Gasteiger partial charge in [0.25, 0.3) is 0 Å². The van der Waals surface area contributed by atoms with Crippen molar-refractivity contribution < 1.29 is 5.11 Å². The molecule has 2 aromatic rings. The highest BCUT2D eigenvalue weighted by molar-refractivity contribution is 6.01. The summed E-state index contributed by atoms with van der Waals surface area (Å²) < 4.78 is 0. The van der Waals surface area contributed by atoms with Crippen LogP contribution in [0.1, 0.15) is 12.6 Å². The molecule has 4 nitrogen and oxygen atoms in total. The van der Waals surface area contributed by atoms with E-state index in [0.29, 0.717) is 0 Å². The maximum absolute atomic E-state index is 9.27. The third-order valence-electron chi connectivity index (χ3n) is 3.35. The predicted molar refractivity (Wildman–Crippen MR) is 75.8 cm³/mol. The third-order valence-corrected chi connectivity index (χ3v) is 3.35. The molecular weight excluding hydrogens is 226 g/mol. The Balaban J connectivity index is 2.64. The molecule has 0 aliphatic heterocycles. The van der Waals surface area contributed by atoms with Gasteiger partial charge in [0.2, 0.25) is 0 Å². The minimum absolute atomic E-state index is 0.0605. The van der Waals surface area contributed by atoms with E-state index < -0.39 is 0 Å². The van der Waals surface area contributed by atoms with Crippen molar-refractivity contribution in [3.05, 3.63) is 30.1 Å². The number of aliphatic hydroxyl groups is 1. The summed E-state index contributed by atoms with van der Waals surface area (Å²) >= 11 is 0. The van der Waals surface area contributed by atoms with Gasteiger partial charge in [0.1, 0.15) is 0 Å². The lowest BCUT2D eigenvalue weighted by Crippen LogP contribution is -2.31. The van der Waals surface area contributed by atoms with Crippen LogP contribution in [-0.2, 0) is 0 Å². The van der Waals surface area contributed by atoms with E-state index >= 15 is 0 Å². The van der Waals surface area contributed by atoms with E-state index in [1.54, 1.807) is 6.20 Å². The normalized spacial score (nSPS) is 12.7. The quantitative estimate of drug-likeness (QED) is 0.811. The maximum atomic E-state index is 9.27. The number of hydrogen-bond acceptors (Lipinski definition) is 4. The van der Waals surface area contributed by atoms with Gasteiger partial charge >= 0.3 is 0 Å². The van der Waals surface area contributed by atoms with Crippen molar-refractivity contribution in [1.82, 2.24) is 4.98 Å². The van der Waals surface area contributed by atoms with E-state index in [0.717, 1.165) is 27.8 Å². The van der Waals surface area contributed by atoms with Crippen molar-refractivity contribution in [2.45, 2.75) is 19.9 Å². The van der Waals surface area contributed by atoms with Crippen LogP contribution in [0, 0.1) is 6.92 Å². The van der Waals surface area contributed by atoms with E-state index in [9.17, 15) is 5.11 Å². The Morgan fingerprint density at radius 1 is 1.39 bits per heavy atom. The molecule has 2 rings (SSSR count). The van der Waals surface area contributed by atoms with Gasteiger partial charge in [0.05, 0.1) is 6.61 Å². The number of nitrogen functional groups attached to an aromatic ring is 1. The minimum atomic E-state index is 0.0605. The molecule has 0 spiro atoms. The minimum Gasteiger partial charge on any atom is -0.398 e. The number of fused-ring (bicyclic) bond motifs is 1. The summed E-state index contributed by atoms with van der Waals surface area (Å²) in [6.45, 7) is 4.06. The van der Waals surface area contributed by atoms with Crippen LogP contribution < -0.4 is 10.6 Å². The van der Waals surface area contributed by atoms with E-state index in [4.69, 9.17) is 5.73 Å². The van der Waals surface area contributed by atoms with Crippen LogP contribution in [0.4, 0.5) is 11.4 Å². The molecule has 0 bridgehead atoms. The third kappa shape index (κ3) is 2.11. The summed E-state index contributed by atoms with van der Waals surface area (Å²) in [6.07, 6.45) is 1.81. The molecule has 0 saturated heterocycles. The van der Waals surface area contributed by atoms with Crippen molar-refractivity contribution in [1.29, 1.82) is 0 Å². The number of pyridine rings is 1. The van der Waals surface area contributed by atoms with Crippen molar-refractivity contribution in [3.63, 3.8) is 0 Å². The van der Waals surface area contributed by atoms with E-state index in [2.05, 4.69) is 9.88 Å². The van der Waals surface area contributed by atoms with Crippen LogP contribution in [0.15, 0.2) is 24.4 Å². The second-order valence-electron chi connectivity index (χ2n) is 4.69. The Labute approximate surface area is 107 Å². The number of likely N-dealkylation sites (N-methyl/N-ethyl adjacent to an activating group) is 1. The molecule has 0 amide bonds. The summed E-state index contributed by atoms with van der Waals surface area (Å²) in [4.78, 5) is 6.34. The van der Waals surface area contributed by atoms with E-state index in [1.165, 1.54) is 0 Å². The van der Waals surface area contributed by atoms with Gasteiger partial charge in [-0.2, -0.15) is 0 Å². The van der Waals surface area contributed by atoms with Gasteiger partial charge in [-0.25, -0.2) is 0 Å². The Hall–Kier alpha value is -1.81. The van der Waals surface area contributed by atoms with Crippen molar-refractivity contribution in [2.75, 3.05) is 24.3 Å². The highest BCUT2D eigenvalue weighted by Gasteiger charge is 2.13. The molecule has 0 aliphatic rings. The fraction of sp³-hybridized carbons (Fsp3) is 0.357. The van der Waals surface area contributed by atoms with Gasteiger partial charge in [0, 0.05) is 47.1 Å². The molecular formula is C14H19N3O. The maximum Gasteiger partial charge on any atom is 0.0632 e. The second kappa shape index (κ2) is 4.82. The molecule has 96 valence electrons. The van der Waals surface area contributed by atoms with Crippen molar-refractivity contribution in [3.8, 4) is 0 Å². The fourth-order valence-corrected chi connectivity index (χ4v) is 2.02. The Morgan fingerprint density at radius 2 is 2.11 bits per heavy atom. The lowest BCUT2D eigenvalue weighted by atomic mass is 10.1. The number of rotatable bonds is 3. The van der Waals surface area contributed by atoms with Gasteiger partial charge in [0.15, 0.2) is 0 Å². The molecule has 1 heterocycles. The first-order valence-electron chi connectivity index (χ1n) is 6.03. The molecule has 0 fully saturated rings. The molecule has 0 radical (unpaired) electrons. The van der Waals surface area contributed by atoms with Gasteiger partial charge in [-0.1, -0.05) is 0 Å². The lowest BCUT2D eigenvalue weighted by molar-refractivity contribution is 0.270. The first kappa shape index (κ1) is 12.6. The summed E-state index contributed by atoms with van der Waals surface area (Å²) in [5.41, 5.74) is 8.72. The number of aromatic nitrogens is 1. The topological polar surface area (TPSA) is 62.4 Å². The van der Waals surface area contributed by atoms with Crippen LogP contribution in [-0.4, -0.2) is 29.8 Å². The molecule has 0 saturated carbocycles. The monoisotopic (exact) mass is 245 g/mol. The summed E-state index contributed by atoms with van der Waals surface area (Å²) in [7, 11) is 1.97. The number of benzene rings is 1. The van der Waals surface area contributed by atoms with Crippen molar-refractivity contribution >= 4 is 22.1 Å². The smallest absolute Gasteiger partial charge is 0.0632 e. The average Bonchev–Trinajstić information content (AvgIpc) is 2.37. The molecule has 1 aromatic carbocycles. The number of anilines is 2. The molecule has 3 N–H and O–H groups in total. The van der Waals surface area contributed by atoms with Crippen molar-refractivity contribution in [2.24, 2.45) is 0 Å². The van der Waals surface area contributed by atoms with Gasteiger partial charge in [-0.15, -0.1) is 0 Å². The number of aryl methyl sites for hydroxylation is 1. The highest BCUT2D eigenvalue weighted by atomic mass is 16.3. The predicted octanol–water partition coefficient (Wildman–Crippen LogP) is 1.94. The van der Waals surface area contributed by atoms with Crippen LogP contribution in [0.25, 0.3) is 10.8 Å². The molecule has 0 aliphatic carbocycles. The second-order valence-corrected chi connectivity index (χ2v) is 4.69. The number of nitrogens with zero attached hydrogens (tertiary/aromatic N) is 2. The average molecular weight is 245 g/mol. The SMILES string of the molecule is Cc1cc2c(N(C)C(C)CO)ccc(N)c2cn1. The molecule has 1 unspecified atom stereocenters. The Kier molecular flexibility index (Phi) is 3.39. The number of hydrogen-bond donors (Lipinski definition) is 2. The molecule has 18 heavy (non-hydrogen) atoms. The summed E-state index contributed by atoms with van der Waals surface area (Å²) in [5.74, 6) is 0. The number of aliphatic hydroxyl groups excluding tert-OH is 1. The van der Waals surface area contributed by atoms with E-state index in [-0.39, 0.29) is 12.6 Å². The summed E-state index contributed by atoms with van der Waals surface area (Å²) in [6, 6.07) is 5.96. The lowest BCUT2D eigenvalue weighted by Gasteiger charge is -2.27. The first-order chi connectivity index (χ1) is 8.54. The zero-order chi connectivity index (χ0) is 13.3. The highest BCUT2D eigenvalue weighted by Crippen LogP contribution is 2.31. The van der Waals surface area contributed by atoms with Gasteiger partial charge in [-0.3, -0.25) is 4.98 Å². The van der Waals surface area contributed by atoms with Gasteiger partial charge < -0.3 is 15.7 Å². The standard InChI is InChI=1S/C14H19N3O/c1-9-6-11-12(7-16-9)13(15)4-5-14(11)17(3)10(2)8-18/h4-7,10,18H,8,15H2,1-3H3. The van der Waals surface area contributed by atoms with Crippen LogP contribution >= 0.6 is 0 Å². The Bertz CT molecular complexity index is 568. The largest absolute Gasteiger partial charge is 0.398 e. The van der Waals surface area contributed by atoms with Gasteiger partial charge in [-0.05, 0) is 32.0 Å². The first-order valence-corrected chi connectivity index (χ1v) is 6.03. The molecule has 4 heteroatoms. The fourth-order valence-electron chi connectivity index (χ4n) is 2.02. The molecule has 1 atom stereocenters. The zero-order valence-corrected chi connectivity index (χ0v) is 11.0. The van der Waals surface area contributed by atoms with Crippen LogP contribution in [0.3, 0.4) is 0 Å². The number of nitrogens with two attached hydrogens (primary N) is 1. The molecule has 1 aromatic heterocycles. The Morgan fingerprint density at radius 3 is 2.78 bits per heavy atom. The van der Waals surface area contributed by atoms with Crippen LogP contribution in [0.2, 0.25) is 0 Å². The zero-order valence-electron chi connectivity index (χ0n) is 11.0.